The van der Waals surface area contributed by atoms with Gasteiger partial charge in [0.25, 0.3) is 0 Å². The molecule has 3 fully saturated rings. The number of carbonyl (C=O) groups is 1. The number of phenols is 1. The van der Waals surface area contributed by atoms with Gasteiger partial charge in [0.2, 0.25) is 0 Å². The van der Waals surface area contributed by atoms with Gasteiger partial charge in [-0.2, -0.15) is 0 Å². The smallest absolute Gasteiger partial charge is 0.319 e. The summed E-state index contributed by atoms with van der Waals surface area (Å²) >= 11 is 0. The van der Waals surface area contributed by atoms with E-state index in [1.165, 1.54) is 57.8 Å². The molecule has 0 bridgehead atoms. The summed E-state index contributed by atoms with van der Waals surface area (Å²) in [6, 6.07) is 6.70. The van der Waals surface area contributed by atoms with Crippen molar-refractivity contribution in [2.45, 2.75) is 111 Å². The van der Waals surface area contributed by atoms with Crippen molar-refractivity contribution in [2.75, 3.05) is 5.32 Å². The fraction of sp³-hybridized carbons (Fsp3) is 0.735. The number of anilines is 1. The molecule has 38 heavy (non-hydrogen) atoms. The first kappa shape index (κ1) is 27.6. The van der Waals surface area contributed by atoms with Crippen LogP contribution in [-0.4, -0.2) is 17.2 Å². The molecule has 0 aliphatic heterocycles. The minimum atomic E-state index is -0.147. The Morgan fingerprint density at radius 3 is 2.50 bits per heavy atom. The summed E-state index contributed by atoms with van der Waals surface area (Å²) in [5.74, 6) is 5.34. The lowest BCUT2D eigenvalue weighted by molar-refractivity contribution is -0.0512. The minimum Gasteiger partial charge on any atom is -0.508 e. The Morgan fingerprint density at radius 1 is 1.00 bits per heavy atom. The van der Waals surface area contributed by atoms with Gasteiger partial charge in [-0.15, -0.1) is 0 Å². The average Bonchev–Trinajstić information content (AvgIpc) is 3.23. The molecule has 210 valence electrons. The molecular formula is C34H52N2O2. The van der Waals surface area contributed by atoms with Crippen LogP contribution in [0.3, 0.4) is 0 Å². The molecular weight excluding hydrogens is 468 g/mol. The molecule has 4 aliphatic carbocycles. The van der Waals surface area contributed by atoms with Crippen LogP contribution in [0.4, 0.5) is 10.5 Å². The zero-order chi connectivity index (χ0) is 27.1. The minimum absolute atomic E-state index is 0.147. The SMILES string of the molecule is CC(C)CCC[C@@H](C)[C@H]1CC[C@H]2[C@@H]3CC=C4C[C@@H](NC(=O)Nc5ccc(O)cc5)CC[C@]4(C)[C@H]3CC[C@]12C. The number of carbonyl (C=O) groups excluding carboxylic acids is 1. The molecule has 0 aromatic heterocycles. The lowest BCUT2D eigenvalue weighted by Gasteiger charge is -2.58. The number of benzene rings is 1. The van der Waals surface area contributed by atoms with E-state index in [4.69, 9.17) is 0 Å². The Balaban J connectivity index is 1.21. The normalized spacial score (nSPS) is 37.0. The van der Waals surface area contributed by atoms with Crippen molar-refractivity contribution in [3.63, 3.8) is 0 Å². The summed E-state index contributed by atoms with van der Waals surface area (Å²) in [6.07, 6.45) is 17.0. The number of phenolic OH excluding ortho intramolecular Hbond substituents is 1. The van der Waals surface area contributed by atoms with Crippen molar-refractivity contribution in [3.8, 4) is 5.75 Å². The number of hydrogen-bond acceptors (Lipinski definition) is 2. The third-order valence-electron chi connectivity index (χ3n) is 11.8. The molecule has 0 unspecified atom stereocenters. The van der Waals surface area contributed by atoms with Crippen molar-refractivity contribution >= 4 is 11.7 Å². The van der Waals surface area contributed by atoms with Gasteiger partial charge < -0.3 is 15.7 Å². The Bertz CT molecular complexity index is 1020. The molecule has 1 aromatic carbocycles. The number of hydrogen-bond donors (Lipinski definition) is 3. The molecule has 0 spiro atoms. The largest absolute Gasteiger partial charge is 0.508 e. The number of fused-ring (bicyclic) bond motifs is 5. The van der Waals surface area contributed by atoms with Gasteiger partial charge in [0.15, 0.2) is 0 Å². The fourth-order valence-electron chi connectivity index (χ4n) is 9.71. The summed E-state index contributed by atoms with van der Waals surface area (Å²) in [7, 11) is 0. The highest BCUT2D eigenvalue weighted by atomic mass is 16.3. The number of allylic oxidation sites excluding steroid dienone is 1. The van der Waals surface area contributed by atoms with Crippen LogP contribution in [0.1, 0.15) is 105 Å². The molecule has 5 rings (SSSR count). The topological polar surface area (TPSA) is 61.4 Å². The van der Waals surface area contributed by atoms with Crippen molar-refractivity contribution < 1.29 is 9.90 Å². The Morgan fingerprint density at radius 2 is 1.76 bits per heavy atom. The second kappa shape index (κ2) is 10.9. The standard InChI is InChI=1S/C34H52N2O2/c1-22(2)7-6-8-23(3)29-15-16-30-28-14-9-24-21-26(36-32(38)35-25-10-12-27(37)13-11-25)17-19-33(24,4)31(28)18-20-34(29,30)5/h9-13,22-23,26,28-31,37H,6-8,14-21H2,1-5H3,(H2,35,36,38)/t23-,26+,28+,29-,30+,31+,33+,34-/m1/s1. The first-order valence-electron chi connectivity index (χ1n) is 15.7. The Kier molecular flexibility index (Phi) is 7.91. The van der Waals surface area contributed by atoms with Gasteiger partial charge in [-0.05, 0) is 122 Å². The van der Waals surface area contributed by atoms with E-state index in [0.29, 0.717) is 16.5 Å². The molecule has 4 heteroatoms. The van der Waals surface area contributed by atoms with Gasteiger partial charge >= 0.3 is 6.03 Å². The number of urea groups is 1. The van der Waals surface area contributed by atoms with Gasteiger partial charge in [-0.1, -0.05) is 65.5 Å². The van der Waals surface area contributed by atoms with Crippen LogP contribution in [-0.2, 0) is 0 Å². The van der Waals surface area contributed by atoms with Crippen LogP contribution < -0.4 is 10.6 Å². The molecule has 0 radical (unpaired) electrons. The van der Waals surface area contributed by atoms with Crippen LogP contribution in [0.15, 0.2) is 35.9 Å². The van der Waals surface area contributed by atoms with E-state index in [2.05, 4.69) is 51.3 Å². The van der Waals surface area contributed by atoms with Gasteiger partial charge in [-0.25, -0.2) is 4.79 Å². The van der Waals surface area contributed by atoms with Gasteiger partial charge in [0.1, 0.15) is 5.75 Å². The molecule has 2 amide bonds. The number of rotatable bonds is 7. The molecule has 8 atom stereocenters. The molecule has 4 aliphatic rings. The highest BCUT2D eigenvalue weighted by molar-refractivity contribution is 5.89. The van der Waals surface area contributed by atoms with E-state index in [1.807, 2.05) is 0 Å². The summed E-state index contributed by atoms with van der Waals surface area (Å²) in [5.41, 5.74) is 3.15. The molecule has 0 heterocycles. The van der Waals surface area contributed by atoms with Crippen LogP contribution in [0, 0.1) is 46.3 Å². The molecule has 3 N–H and O–H groups in total. The van der Waals surface area contributed by atoms with E-state index in [-0.39, 0.29) is 17.8 Å². The van der Waals surface area contributed by atoms with Gasteiger partial charge in [-0.3, -0.25) is 0 Å². The molecule has 4 nitrogen and oxygen atoms in total. The van der Waals surface area contributed by atoms with E-state index < -0.39 is 0 Å². The second-order valence-corrected chi connectivity index (χ2v) is 14.4. The van der Waals surface area contributed by atoms with Gasteiger partial charge in [0.05, 0.1) is 0 Å². The Labute approximate surface area is 231 Å². The summed E-state index contributed by atoms with van der Waals surface area (Å²) in [6.45, 7) is 12.5. The highest BCUT2D eigenvalue weighted by Gasteiger charge is 2.59. The average molecular weight is 521 g/mol. The zero-order valence-corrected chi connectivity index (χ0v) is 24.6. The van der Waals surface area contributed by atoms with E-state index >= 15 is 0 Å². The van der Waals surface area contributed by atoms with Crippen LogP contribution >= 0.6 is 0 Å². The lowest BCUT2D eigenvalue weighted by Crippen LogP contribution is -2.52. The predicted molar refractivity (Wildman–Crippen MR) is 157 cm³/mol. The van der Waals surface area contributed by atoms with Crippen LogP contribution in [0.25, 0.3) is 0 Å². The van der Waals surface area contributed by atoms with E-state index in [1.54, 1.807) is 29.8 Å². The monoisotopic (exact) mass is 520 g/mol. The zero-order valence-electron chi connectivity index (χ0n) is 24.6. The van der Waals surface area contributed by atoms with E-state index in [0.717, 1.165) is 48.3 Å². The highest BCUT2D eigenvalue weighted by Crippen LogP contribution is 2.67. The fourth-order valence-corrected chi connectivity index (χ4v) is 9.71. The third-order valence-corrected chi connectivity index (χ3v) is 11.8. The molecule has 1 aromatic rings. The summed E-state index contributed by atoms with van der Waals surface area (Å²) in [5, 5.41) is 15.6. The maximum atomic E-state index is 12.7. The lowest BCUT2D eigenvalue weighted by atomic mass is 9.47. The maximum absolute atomic E-state index is 12.7. The molecule has 0 saturated heterocycles. The van der Waals surface area contributed by atoms with Crippen LogP contribution in [0.2, 0.25) is 0 Å². The summed E-state index contributed by atoms with van der Waals surface area (Å²) < 4.78 is 0. The number of nitrogens with one attached hydrogen (secondary N) is 2. The Hall–Kier alpha value is -1.97. The van der Waals surface area contributed by atoms with Crippen molar-refractivity contribution in [1.82, 2.24) is 5.32 Å². The van der Waals surface area contributed by atoms with Crippen molar-refractivity contribution in [1.29, 1.82) is 0 Å². The second-order valence-electron chi connectivity index (χ2n) is 14.4. The molecule has 3 saturated carbocycles. The first-order valence-corrected chi connectivity index (χ1v) is 15.7. The van der Waals surface area contributed by atoms with Crippen molar-refractivity contribution in [3.05, 3.63) is 35.9 Å². The first-order chi connectivity index (χ1) is 18.1. The van der Waals surface area contributed by atoms with E-state index in [9.17, 15) is 9.90 Å². The maximum Gasteiger partial charge on any atom is 0.319 e. The summed E-state index contributed by atoms with van der Waals surface area (Å²) in [4.78, 5) is 12.7. The predicted octanol–water partition coefficient (Wildman–Crippen LogP) is 8.92. The number of aromatic hydroxyl groups is 1. The van der Waals surface area contributed by atoms with Gasteiger partial charge in [0, 0.05) is 11.7 Å². The third kappa shape index (κ3) is 5.26. The number of amides is 2. The quantitative estimate of drug-likeness (QED) is 0.248. The van der Waals surface area contributed by atoms with Crippen molar-refractivity contribution in [2.24, 2.45) is 46.3 Å². The van der Waals surface area contributed by atoms with Crippen LogP contribution in [0.5, 0.6) is 5.75 Å².